The van der Waals surface area contributed by atoms with Gasteiger partial charge in [0.1, 0.15) is 11.5 Å². The number of methoxy groups -OCH3 is 2. The molecule has 1 saturated heterocycles. The van der Waals surface area contributed by atoms with Gasteiger partial charge in [-0.05, 0) is 11.6 Å². The summed E-state index contributed by atoms with van der Waals surface area (Å²) in [6.07, 6.45) is 1.95. The summed E-state index contributed by atoms with van der Waals surface area (Å²) in [6, 6.07) is 18.1. The minimum absolute atomic E-state index is 0.0159. The average Bonchev–Trinajstić information content (AvgIpc) is 3.25. The second-order valence-corrected chi connectivity index (χ2v) is 7.38. The van der Waals surface area contributed by atoms with Gasteiger partial charge in [0.15, 0.2) is 0 Å². The number of hydrogen-bond acceptors (Lipinski definition) is 5. The van der Waals surface area contributed by atoms with Crippen molar-refractivity contribution < 1.29 is 14.3 Å². The van der Waals surface area contributed by atoms with Crippen LogP contribution in [0.15, 0.2) is 60.8 Å². The van der Waals surface area contributed by atoms with Crippen molar-refractivity contribution in [2.24, 2.45) is 0 Å². The lowest BCUT2D eigenvalue weighted by molar-refractivity contribution is 0.0939. The minimum atomic E-state index is 0.0159. The minimum Gasteiger partial charge on any atom is -0.497 e. The van der Waals surface area contributed by atoms with Gasteiger partial charge in [0, 0.05) is 63.2 Å². The van der Waals surface area contributed by atoms with E-state index in [1.165, 1.54) is 0 Å². The zero-order valence-electron chi connectivity index (χ0n) is 17.7. The summed E-state index contributed by atoms with van der Waals surface area (Å²) in [5.41, 5.74) is 4.14. The summed E-state index contributed by atoms with van der Waals surface area (Å²) < 4.78 is 12.6. The maximum atomic E-state index is 12.2. The maximum Gasteiger partial charge on any atom is 0.228 e. The lowest BCUT2D eigenvalue weighted by Gasteiger charge is -2.37. The Morgan fingerprint density at radius 1 is 0.800 bits per heavy atom. The monoisotopic (exact) mass is 405 g/mol. The van der Waals surface area contributed by atoms with Crippen molar-refractivity contribution in [1.82, 2.24) is 4.57 Å². The van der Waals surface area contributed by atoms with Crippen LogP contribution in [0.5, 0.6) is 11.5 Å². The molecule has 0 atom stereocenters. The summed E-state index contributed by atoms with van der Waals surface area (Å²) in [5.74, 6) is 1.60. The van der Waals surface area contributed by atoms with Crippen LogP contribution >= 0.6 is 0 Å². The van der Waals surface area contributed by atoms with Crippen LogP contribution < -0.4 is 19.3 Å². The number of nitrogens with zero attached hydrogens (tertiary/aromatic N) is 3. The fourth-order valence-electron chi connectivity index (χ4n) is 3.91. The highest BCUT2D eigenvalue weighted by molar-refractivity contribution is 5.84. The number of rotatable bonds is 5. The number of carbonyl (C=O) groups is 1. The SMILES string of the molecule is COc1cc(OC)cc(N2CCN(c3cc(-c4ccccc4)n(C(C)=O)c3)CC2)c1. The van der Waals surface area contributed by atoms with E-state index in [2.05, 4.69) is 15.9 Å². The van der Waals surface area contributed by atoms with Crippen LogP contribution in [-0.2, 0) is 0 Å². The summed E-state index contributed by atoms with van der Waals surface area (Å²) in [4.78, 5) is 16.9. The molecule has 0 radical (unpaired) electrons. The van der Waals surface area contributed by atoms with Crippen molar-refractivity contribution in [3.8, 4) is 22.8 Å². The predicted molar refractivity (Wildman–Crippen MR) is 120 cm³/mol. The number of anilines is 2. The molecule has 0 bridgehead atoms. The van der Waals surface area contributed by atoms with Crippen LogP contribution in [0.25, 0.3) is 11.3 Å². The fourth-order valence-corrected chi connectivity index (χ4v) is 3.91. The molecule has 0 aliphatic carbocycles. The Morgan fingerprint density at radius 2 is 1.37 bits per heavy atom. The molecule has 0 amide bonds. The first kappa shape index (κ1) is 19.9. The van der Waals surface area contributed by atoms with Gasteiger partial charge in [-0.25, -0.2) is 0 Å². The summed E-state index contributed by atoms with van der Waals surface area (Å²) in [5, 5.41) is 0. The largest absolute Gasteiger partial charge is 0.497 e. The summed E-state index contributed by atoms with van der Waals surface area (Å²) >= 11 is 0. The quantitative estimate of drug-likeness (QED) is 0.638. The van der Waals surface area contributed by atoms with Crippen molar-refractivity contribution in [1.29, 1.82) is 0 Å². The van der Waals surface area contributed by atoms with Crippen molar-refractivity contribution >= 4 is 17.3 Å². The van der Waals surface area contributed by atoms with Crippen LogP contribution in [0, 0.1) is 0 Å². The van der Waals surface area contributed by atoms with E-state index < -0.39 is 0 Å². The number of piperazine rings is 1. The molecule has 3 aromatic rings. The van der Waals surface area contributed by atoms with Crippen molar-refractivity contribution in [3.05, 3.63) is 60.8 Å². The van der Waals surface area contributed by atoms with Crippen LogP contribution in [-0.4, -0.2) is 50.9 Å². The van der Waals surface area contributed by atoms with E-state index in [-0.39, 0.29) is 5.91 Å². The van der Waals surface area contributed by atoms with Gasteiger partial charge in [-0.15, -0.1) is 0 Å². The third kappa shape index (κ3) is 3.99. The third-order valence-corrected chi connectivity index (χ3v) is 5.56. The molecule has 4 rings (SSSR count). The highest BCUT2D eigenvalue weighted by atomic mass is 16.5. The van der Waals surface area contributed by atoms with E-state index in [1.54, 1.807) is 25.7 Å². The van der Waals surface area contributed by atoms with Gasteiger partial charge < -0.3 is 19.3 Å². The van der Waals surface area contributed by atoms with Crippen LogP contribution in [0.1, 0.15) is 11.7 Å². The maximum absolute atomic E-state index is 12.2. The van der Waals surface area contributed by atoms with Crippen molar-refractivity contribution in [2.75, 3.05) is 50.2 Å². The molecular weight excluding hydrogens is 378 g/mol. The van der Waals surface area contributed by atoms with Crippen LogP contribution in [0.2, 0.25) is 0 Å². The van der Waals surface area contributed by atoms with Gasteiger partial charge in [0.25, 0.3) is 0 Å². The van der Waals surface area contributed by atoms with Crippen molar-refractivity contribution in [3.63, 3.8) is 0 Å². The Balaban J connectivity index is 1.53. The molecule has 6 heteroatoms. The Bertz CT molecular complexity index is 999. The smallest absolute Gasteiger partial charge is 0.228 e. The number of carbonyl (C=O) groups excluding carboxylic acids is 1. The Hall–Kier alpha value is -3.41. The molecule has 1 aromatic heterocycles. The van der Waals surface area contributed by atoms with Gasteiger partial charge in [0.2, 0.25) is 5.91 Å². The first-order valence-corrected chi connectivity index (χ1v) is 10.1. The third-order valence-electron chi connectivity index (χ3n) is 5.56. The molecule has 2 heterocycles. The van der Waals surface area contributed by atoms with Gasteiger partial charge in [-0.1, -0.05) is 30.3 Å². The zero-order valence-corrected chi connectivity index (χ0v) is 17.7. The van der Waals surface area contributed by atoms with E-state index in [0.29, 0.717) is 0 Å². The molecule has 0 N–H and O–H groups in total. The highest BCUT2D eigenvalue weighted by Crippen LogP contribution is 2.31. The molecule has 1 aliphatic heterocycles. The first-order valence-electron chi connectivity index (χ1n) is 10.1. The number of aromatic nitrogens is 1. The molecule has 0 spiro atoms. The lowest BCUT2D eigenvalue weighted by atomic mass is 10.1. The fraction of sp³-hybridized carbons (Fsp3) is 0.292. The van der Waals surface area contributed by atoms with Gasteiger partial charge >= 0.3 is 0 Å². The Labute approximate surface area is 177 Å². The van der Waals surface area contributed by atoms with Gasteiger partial charge in [0.05, 0.1) is 25.6 Å². The topological polar surface area (TPSA) is 46.9 Å². The van der Waals surface area contributed by atoms with Crippen molar-refractivity contribution in [2.45, 2.75) is 6.92 Å². The van der Waals surface area contributed by atoms with Gasteiger partial charge in [-0.3, -0.25) is 9.36 Å². The van der Waals surface area contributed by atoms with E-state index in [0.717, 1.165) is 60.3 Å². The first-order chi connectivity index (χ1) is 14.6. The molecule has 2 aromatic carbocycles. The second-order valence-electron chi connectivity index (χ2n) is 7.38. The van der Waals surface area contributed by atoms with Gasteiger partial charge in [-0.2, -0.15) is 0 Å². The number of ether oxygens (including phenoxy) is 2. The van der Waals surface area contributed by atoms with E-state index in [9.17, 15) is 4.79 Å². The molecule has 1 aliphatic rings. The van der Waals surface area contributed by atoms with Crippen LogP contribution in [0.3, 0.4) is 0 Å². The standard InChI is InChI=1S/C24H27N3O3/c1-18(28)27-17-21(15-24(27)19-7-5-4-6-8-19)26-11-9-25(10-12-26)20-13-22(29-2)16-23(14-20)30-3/h4-8,13-17H,9-12H2,1-3H3. The molecule has 156 valence electrons. The highest BCUT2D eigenvalue weighted by Gasteiger charge is 2.21. The Morgan fingerprint density at radius 3 is 1.90 bits per heavy atom. The molecule has 1 fully saturated rings. The normalized spacial score (nSPS) is 14.0. The predicted octanol–water partition coefficient (Wildman–Crippen LogP) is 4.16. The average molecular weight is 405 g/mol. The molecular formula is C24H27N3O3. The van der Waals surface area contributed by atoms with E-state index in [1.807, 2.05) is 54.7 Å². The van der Waals surface area contributed by atoms with E-state index >= 15 is 0 Å². The Kier molecular flexibility index (Phi) is 5.65. The van der Waals surface area contributed by atoms with Crippen LogP contribution in [0.4, 0.5) is 11.4 Å². The molecule has 0 unspecified atom stereocenters. The van der Waals surface area contributed by atoms with E-state index in [4.69, 9.17) is 9.47 Å². The zero-order chi connectivity index (χ0) is 21.1. The summed E-state index contributed by atoms with van der Waals surface area (Å²) in [6.45, 7) is 5.10. The molecule has 6 nitrogen and oxygen atoms in total. The lowest BCUT2D eigenvalue weighted by Crippen LogP contribution is -2.46. The molecule has 30 heavy (non-hydrogen) atoms. The second kappa shape index (κ2) is 8.53. The number of benzene rings is 2. The molecule has 0 saturated carbocycles. The summed E-state index contributed by atoms with van der Waals surface area (Å²) in [7, 11) is 3.33. The number of hydrogen-bond donors (Lipinski definition) is 0.